The van der Waals surface area contributed by atoms with Crippen LogP contribution >= 0.6 is 0 Å². The maximum absolute atomic E-state index is 12.9. The van der Waals surface area contributed by atoms with Crippen molar-refractivity contribution in [1.82, 2.24) is 5.32 Å². The molecule has 108 valence electrons. The lowest BCUT2D eigenvalue weighted by molar-refractivity contribution is -0.132. The normalized spacial score (nSPS) is 18.6. The first-order valence-corrected chi connectivity index (χ1v) is 7.32. The van der Waals surface area contributed by atoms with Gasteiger partial charge >= 0.3 is 0 Å². The molecule has 0 saturated carbocycles. The Kier molecular flexibility index (Phi) is 4.43. The van der Waals surface area contributed by atoms with Gasteiger partial charge in [-0.1, -0.05) is 60.7 Å². The van der Waals surface area contributed by atoms with E-state index in [0.29, 0.717) is 13.2 Å². The van der Waals surface area contributed by atoms with Crippen LogP contribution < -0.4 is 5.32 Å². The number of rotatable bonds is 4. The number of Topliss-reactive ketones (excluding diaryl/α,β-unsaturated/α-hetero) is 1. The SMILES string of the molecule is O=C(C1CNCCO1)C(c1ccccc1)c1ccccc1. The van der Waals surface area contributed by atoms with E-state index in [9.17, 15) is 4.79 Å². The van der Waals surface area contributed by atoms with Crippen molar-refractivity contribution >= 4 is 5.78 Å². The largest absolute Gasteiger partial charge is 0.368 e. The zero-order chi connectivity index (χ0) is 14.5. The van der Waals surface area contributed by atoms with E-state index < -0.39 is 0 Å². The van der Waals surface area contributed by atoms with E-state index in [4.69, 9.17) is 4.74 Å². The summed E-state index contributed by atoms with van der Waals surface area (Å²) in [7, 11) is 0. The average molecular weight is 281 g/mol. The number of carbonyl (C=O) groups excluding carboxylic acids is 1. The van der Waals surface area contributed by atoms with Crippen LogP contribution in [0.5, 0.6) is 0 Å². The third kappa shape index (κ3) is 3.20. The van der Waals surface area contributed by atoms with Crippen LogP contribution in [-0.2, 0) is 9.53 Å². The van der Waals surface area contributed by atoms with Crippen LogP contribution in [0.25, 0.3) is 0 Å². The van der Waals surface area contributed by atoms with Gasteiger partial charge in [0.25, 0.3) is 0 Å². The third-order valence-corrected chi connectivity index (χ3v) is 3.80. The second kappa shape index (κ2) is 6.66. The van der Waals surface area contributed by atoms with Gasteiger partial charge in [0.1, 0.15) is 6.10 Å². The molecule has 2 aromatic rings. The molecule has 3 heteroatoms. The molecule has 0 aromatic heterocycles. The molecule has 3 rings (SSSR count). The molecule has 1 aliphatic heterocycles. The number of hydrogen-bond donors (Lipinski definition) is 1. The summed E-state index contributed by atoms with van der Waals surface area (Å²) in [6, 6.07) is 19.8. The topological polar surface area (TPSA) is 38.3 Å². The molecule has 1 atom stereocenters. The minimum atomic E-state index is -0.371. The van der Waals surface area contributed by atoms with Gasteiger partial charge in [-0.25, -0.2) is 0 Å². The van der Waals surface area contributed by atoms with E-state index in [2.05, 4.69) is 5.32 Å². The van der Waals surface area contributed by atoms with E-state index in [1.807, 2.05) is 60.7 Å². The molecular formula is C18H19NO2. The molecule has 1 saturated heterocycles. The molecular weight excluding hydrogens is 262 g/mol. The van der Waals surface area contributed by atoms with Crippen molar-refractivity contribution in [1.29, 1.82) is 0 Å². The summed E-state index contributed by atoms with van der Waals surface area (Å²) in [5, 5.41) is 3.23. The molecule has 1 heterocycles. The summed E-state index contributed by atoms with van der Waals surface area (Å²) in [6.45, 7) is 1.99. The fourth-order valence-corrected chi connectivity index (χ4v) is 2.75. The lowest BCUT2D eigenvalue weighted by Gasteiger charge is -2.27. The minimum absolute atomic E-state index is 0.125. The Morgan fingerprint density at radius 3 is 2.05 bits per heavy atom. The minimum Gasteiger partial charge on any atom is -0.368 e. The lowest BCUT2D eigenvalue weighted by Crippen LogP contribution is -2.45. The maximum Gasteiger partial charge on any atom is 0.174 e. The molecule has 1 aliphatic rings. The van der Waals surface area contributed by atoms with Gasteiger partial charge in [-0.15, -0.1) is 0 Å². The number of benzene rings is 2. The molecule has 1 N–H and O–H groups in total. The van der Waals surface area contributed by atoms with Crippen molar-refractivity contribution in [3.05, 3.63) is 71.8 Å². The zero-order valence-corrected chi connectivity index (χ0v) is 11.9. The van der Waals surface area contributed by atoms with E-state index in [0.717, 1.165) is 17.7 Å². The predicted octanol–water partition coefficient (Wildman–Crippen LogP) is 2.38. The Balaban J connectivity index is 1.94. The summed E-state index contributed by atoms with van der Waals surface area (Å²) in [4.78, 5) is 12.9. The molecule has 1 unspecified atom stereocenters. The molecule has 1 fully saturated rings. The fourth-order valence-electron chi connectivity index (χ4n) is 2.75. The monoisotopic (exact) mass is 281 g/mol. The molecule has 2 aromatic carbocycles. The third-order valence-electron chi connectivity index (χ3n) is 3.80. The Hall–Kier alpha value is -1.97. The van der Waals surface area contributed by atoms with Gasteiger partial charge in [0.05, 0.1) is 12.5 Å². The highest BCUT2D eigenvalue weighted by Crippen LogP contribution is 2.27. The summed E-state index contributed by atoms with van der Waals surface area (Å²) < 4.78 is 5.65. The Bertz CT molecular complexity index is 537. The van der Waals surface area contributed by atoms with Gasteiger partial charge in [-0.2, -0.15) is 0 Å². The zero-order valence-electron chi connectivity index (χ0n) is 11.9. The molecule has 0 amide bonds. The van der Waals surface area contributed by atoms with Crippen LogP contribution in [0.4, 0.5) is 0 Å². The van der Waals surface area contributed by atoms with E-state index in [-0.39, 0.29) is 17.8 Å². The first-order chi connectivity index (χ1) is 10.4. The first-order valence-electron chi connectivity index (χ1n) is 7.32. The molecule has 3 nitrogen and oxygen atoms in total. The van der Waals surface area contributed by atoms with Crippen LogP contribution in [0.3, 0.4) is 0 Å². The summed E-state index contributed by atoms with van der Waals surface area (Å²) in [5.41, 5.74) is 2.03. The lowest BCUT2D eigenvalue weighted by atomic mass is 9.85. The standard InChI is InChI=1S/C18H19NO2/c20-18(16-13-19-11-12-21-16)17(14-7-3-1-4-8-14)15-9-5-2-6-10-15/h1-10,16-17,19H,11-13H2. The quantitative estimate of drug-likeness (QED) is 0.935. The van der Waals surface area contributed by atoms with Crippen molar-refractivity contribution in [2.75, 3.05) is 19.7 Å². The molecule has 0 radical (unpaired) electrons. The second-order valence-electron chi connectivity index (χ2n) is 5.22. The summed E-state index contributed by atoms with van der Waals surface area (Å²) >= 11 is 0. The number of nitrogens with one attached hydrogen (secondary N) is 1. The Morgan fingerprint density at radius 1 is 1.00 bits per heavy atom. The highest BCUT2D eigenvalue weighted by atomic mass is 16.5. The van der Waals surface area contributed by atoms with Crippen LogP contribution in [0.2, 0.25) is 0 Å². The van der Waals surface area contributed by atoms with Crippen LogP contribution in [0.15, 0.2) is 60.7 Å². The summed E-state index contributed by atoms with van der Waals surface area (Å²) in [5.74, 6) is -0.142. The van der Waals surface area contributed by atoms with E-state index in [1.54, 1.807) is 0 Å². The van der Waals surface area contributed by atoms with Gasteiger partial charge in [-0.3, -0.25) is 4.79 Å². The van der Waals surface area contributed by atoms with Crippen molar-refractivity contribution in [3.8, 4) is 0 Å². The van der Waals surface area contributed by atoms with Crippen LogP contribution in [0.1, 0.15) is 17.0 Å². The second-order valence-corrected chi connectivity index (χ2v) is 5.22. The highest BCUT2D eigenvalue weighted by molar-refractivity contribution is 5.93. The fraction of sp³-hybridized carbons (Fsp3) is 0.278. The van der Waals surface area contributed by atoms with Gasteiger partial charge < -0.3 is 10.1 Å². The Labute approximate surface area is 124 Å². The van der Waals surface area contributed by atoms with Crippen molar-refractivity contribution in [2.24, 2.45) is 0 Å². The molecule has 21 heavy (non-hydrogen) atoms. The van der Waals surface area contributed by atoms with Crippen molar-refractivity contribution < 1.29 is 9.53 Å². The van der Waals surface area contributed by atoms with Crippen molar-refractivity contribution in [2.45, 2.75) is 12.0 Å². The predicted molar refractivity (Wildman–Crippen MR) is 82.3 cm³/mol. The number of ether oxygens (including phenoxy) is 1. The maximum atomic E-state index is 12.9. The van der Waals surface area contributed by atoms with Gasteiger partial charge in [0.2, 0.25) is 0 Å². The number of hydrogen-bond acceptors (Lipinski definition) is 3. The smallest absolute Gasteiger partial charge is 0.174 e. The van der Waals surface area contributed by atoms with E-state index >= 15 is 0 Å². The molecule has 0 bridgehead atoms. The van der Waals surface area contributed by atoms with Gasteiger partial charge in [0.15, 0.2) is 5.78 Å². The first kappa shape index (κ1) is 14.0. The number of ketones is 1. The molecule has 0 aliphatic carbocycles. The number of carbonyl (C=O) groups is 1. The van der Waals surface area contributed by atoms with Crippen LogP contribution in [-0.4, -0.2) is 31.6 Å². The molecule has 0 spiro atoms. The van der Waals surface area contributed by atoms with Gasteiger partial charge in [-0.05, 0) is 11.1 Å². The van der Waals surface area contributed by atoms with Crippen molar-refractivity contribution in [3.63, 3.8) is 0 Å². The van der Waals surface area contributed by atoms with Gasteiger partial charge in [0, 0.05) is 13.1 Å². The average Bonchev–Trinajstić information content (AvgIpc) is 2.58. The summed E-state index contributed by atoms with van der Waals surface area (Å²) in [6.07, 6.45) is -0.371. The van der Waals surface area contributed by atoms with E-state index in [1.165, 1.54) is 0 Å². The number of morpholine rings is 1. The van der Waals surface area contributed by atoms with Crippen LogP contribution in [0, 0.1) is 0 Å². The highest BCUT2D eigenvalue weighted by Gasteiger charge is 2.31. The Morgan fingerprint density at radius 2 is 1.57 bits per heavy atom.